The van der Waals surface area contributed by atoms with E-state index >= 15 is 0 Å². The van der Waals surface area contributed by atoms with Gasteiger partial charge in [0, 0.05) is 18.1 Å². The first-order valence-corrected chi connectivity index (χ1v) is 10.6. The molecule has 1 heterocycles. The minimum atomic E-state index is -4.60. The molecule has 1 aromatic heterocycles. The lowest BCUT2D eigenvalue weighted by Gasteiger charge is -2.21. The first-order valence-electron chi connectivity index (χ1n) is 9.78. The molecule has 2 aromatic carbocycles. The van der Waals surface area contributed by atoms with E-state index < -0.39 is 45.2 Å². The van der Waals surface area contributed by atoms with Crippen molar-refractivity contribution in [2.45, 2.75) is 36.6 Å². The Balaban J connectivity index is 1.87. The van der Waals surface area contributed by atoms with E-state index in [2.05, 4.69) is 9.97 Å². The zero-order valence-corrected chi connectivity index (χ0v) is 18.1. The van der Waals surface area contributed by atoms with Gasteiger partial charge in [-0.15, -0.1) is 0 Å². The highest BCUT2D eigenvalue weighted by Gasteiger charge is 2.31. The maximum absolute atomic E-state index is 14.3. The first kappa shape index (κ1) is 23.7. The summed E-state index contributed by atoms with van der Waals surface area (Å²) in [7, 11) is 0. The van der Waals surface area contributed by atoms with Gasteiger partial charge in [0.25, 0.3) is 5.56 Å². The number of aromatic nitrogens is 2. The third-order valence-corrected chi connectivity index (χ3v) is 5.68. The molecule has 4 nitrogen and oxygen atoms in total. The van der Waals surface area contributed by atoms with Gasteiger partial charge in [-0.1, -0.05) is 50.2 Å². The molecule has 0 amide bonds. The molecule has 0 saturated heterocycles. The first-order chi connectivity index (χ1) is 15.0. The van der Waals surface area contributed by atoms with Gasteiger partial charge in [-0.25, -0.2) is 9.37 Å². The van der Waals surface area contributed by atoms with Crippen molar-refractivity contribution in [2.75, 3.05) is 0 Å². The van der Waals surface area contributed by atoms with Crippen LogP contribution in [0.15, 0.2) is 64.3 Å². The van der Waals surface area contributed by atoms with E-state index in [1.165, 1.54) is 6.07 Å². The number of Topliss-reactive ketones (excluding diaryl/α,β-unsaturated/α-hetero) is 1. The fraction of sp³-hybridized carbons (Fsp3) is 0.261. The molecule has 32 heavy (non-hydrogen) atoms. The van der Waals surface area contributed by atoms with E-state index in [1.54, 1.807) is 24.3 Å². The van der Waals surface area contributed by atoms with Crippen LogP contribution in [0.2, 0.25) is 0 Å². The quantitative estimate of drug-likeness (QED) is 0.257. The lowest BCUT2D eigenvalue weighted by atomic mass is 9.84. The molecule has 0 unspecified atom stereocenters. The number of nitrogens with zero attached hydrogens (tertiary/aromatic N) is 1. The van der Waals surface area contributed by atoms with E-state index in [0.29, 0.717) is 11.1 Å². The van der Waals surface area contributed by atoms with Gasteiger partial charge in [0.05, 0.1) is 4.90 Å². The molecule has 0 fully saturated rings. The summed E-state index contributed by atoms with van der Waals surface area (Å²) in [6.45, 7) is 3.66. The Morgan fingerprint density at radius 2 is 1.78 bits per heavy atom. The molecule has 0 aliphatic rings. The van der Waals surface area contributed by atoms with E-state index in [9.17, 15) is 27.2 Å². The van der Waals surface area contributed by atoms with Crippen LogP contribution in [-0.2, 0) is 0 Å². The summed E-state index contributed by atoms with van der Waals surface area (Å²) in [5.41, 5.74) is -4.06. The third-order valence-electron chi connectivity index (χ3n) is 4.89. The Bertz CT molecular complexity index is 1160. The molecular weight excluding hydrogens is 444 g/mol. The number of rotatable bonds is 7. The van der Waals surface area contributed by atoms with Gasteiger partial charge in [-0.2, -0.15) is 13.2 Å². The number of ketones is 1. The monoisotopic (exact) mass is 464 g/mol. The second-order valence-corrected chi connectivity index (χ2v) is 8.67. The van der Waals surface area contributed by atoms with Crippen LogP contribution in [-0.4, -0.2) is 21.3 Å². The van der Waals surface area contributed by atoms with Crippen LogP contribution >= 0.6 is 11.8 Å². The Hall–Kier alpha value is -2.94. The Morgan fingerprint density at radius 1 is 1.09 bits per heavy atom. The van der Waals surface area contributed by atoms with Gasteiger partial charge in [0.2, 0.25) is 0 Å². The predicted molar refractivity (Wildman–Crippen MR) is 115 cm³/mol. The number of aromatic amines is 1. The Kier molecular flexibility index (Phi) is 7.18. The summed E-state index contributed by atoms with van der Waals surface area (Å²) in [4.78, 5) is 31.4. The van der Waals surface area contributed by atoms with Crippen LogP contribution in [0.25, 0.3) is 11.4 Å². The lowest BCUT2D eigenvalue weighted by Crippen LogP contribution is -2.18. The van der Waals surface area contributed by atoms with E-state index in [0.717, 1.165) is 18.2 Å². The second kappa shape index (κ2) is 9.68. The van der Waals surface area contributed by atoms with Crippen molar-refractivity contribution >= 4 is 17.5 Å². The van der Waals surface area contributed by atoms with Crippen LogP contribution in [0.5, 0.6) is 0 Å². The smallest absolute Gasteiger partial charge is 0.306 e. The number of carbonyl (C=O) groups is 1. The van der Waals surface area contributed by atoms with Crippen LogP contribution in [0.4, 0.5) is 17.6 Å². The lowest BCUT2D eigenvalue weighted by molar-refractivity contribution is -0.0329. The number of hydrogen-bond donors (Lipinski definition) is 1. The summed E-state index contributed by atoms with van der Waals surface area (Å²) >= 11 is -0.522. The van der Waals surface area contributed by atoms with Crippen molar-refractivity contribution in [3.8, 4) is 11.4 Å². The Labute approximate surface area is 186 Å². The van der Waals surface area contributed by atoms with Gasteiger partial charge >= 0.3 is 5.51 Å². The maximum atomic E-state index is 14.3. The van der Waals surface area contributed by atoms with E-state index in [-0.39, 0.29) is 23.9 Å². The minimum absolute atomic E-state index is 0.0250. The second-order valence-electron chi connectivity index (χ2n) is 7.56. The van der Waals surface area contributed by atoms with Crippen molar-refractivity contribution in [2.24, 2.45) is 5.92 Å². The molecule has 1 atom stereocenters. The van der Waals surface area contributed by atoms with E-state index in [4.69, 9.17) is 0 Å². The van der Waals surface area contributed by atoms with Crippen LogP contribution in [0.1, 0.15) is 42.2 Å². The number of benzene rings is 2. The number of nitrogens with one attached hydrogen (secondary N) is 1. The van der Waals surface area contributed by atoms with Gasteiger partial charge < -0.3 is 4.98 Å². The zero-order chi connectivity index (χ0) is 23.5. The summed E-state index contributed by atoms with van der Waals surface area (Å²) < 4.78 is 52.0. The highest BCUT2D eigenvalue weighted by atomic mass is 32.2. The molecule has 0 saturated carbocycles. The molecule has 9 heteroatoms. The van der Waals surface area contributed by atoms with Crippen molar-refractivity contribution in [1.82, 2.24) is 9.97 Å². The normalized spacial score (nSPS) is 12.7. The van der Waals surface area contributed by atoms with Gasteiger partial charge in [-0.3, -0.25) is 9.59 Å². The van der Waals surface area contributed by atoms with Gasteiger partial charge in [-0.05, 0) is 41.3 Å². The topological polar surface area (TPSA) is 62.8 Å². The highest BCUT2D eigenvalue weighted by molar-refractivity contribution is 8.00. The minimum Gasteiger partial charge on any atom is -0.306 e. The highest BCUT2D eigenvalue weighted by Crippen LogP contribution is 2.39. The number of thioether (sulfide) groups is 1. The molecule has 0 spiro atoms. The molecule has 0 aliphatic carbocycles. The SMILES string of the molecule is CC(C)[C@@H](CC(=O)c1cc(=O)[nH]c(-c2ccccc2)n1)c1ccc(SC(F)(F)F)c(F)c1. The number of H-pyrrole nitrogens is 1. The molecule has 1 N–H and O–H groups in total. The molecule has 0 radical (unpaired) electrons. The van der Waals surface area contributed by atoms with Crippen molar-refractivity contribution in [3.05, 3.63) is 82.0 Å². The molecule has 3 rings (SSSR count). The standard InChI is InChI=1S/C23H20F4N2O2S/c1-13(2)16(15-8-9-20(17(24)10-15)32-23(25,26)27)11-19(30)18-12-21(31)29-22(28-18)14-6-4-3-5-7-14/h3-10,12-13,16H,11H2,1-2H3,(H,28,29,31)/t16-/m1/s1. The van der Waals surface area contributed by atoms with Crippen molar-refractivity contribution < 1.29 is 22.4 Å². The predicted octanol–water partition coefficient (Wildman–Crippen LogP) is 6.20. The van der Waals surface area contributed by atoms with Crippen LogP contribution in [0, 0.1) is 11.7 Å². The number of halogens is 4. The number of alkyl halides is 3. The van der Waals surface area contributed by atoms with Gasteiger partial charge in [0.1, 0.15) is 17.3 Å². The maximum Gasteiger partial charge on any atom is 0.446 e. The summed E-state index contributed by atoms with van der Waals surface area (Å²) in [6, 6.07) is 13.4. The zero-order valence-electron chi connectivity index (χ0n) is 17.2. The summed E-state index contributed by atoms with van der Waals surface area (Å²) in [6.07, 6.45) is -0.0758. The van der Waals surface area contributed by atoms with Crippen LogP contribution < -0.4 is 5.56 Å². The molecule has 0 bridgehead atoms. The average molecular weight is 464 g/mol. The van der Waals surface area contributed by atoms with Crippen molar-refractivity contribution in [1.29, 1.82) is 0 Å². The molecule has 168 valence electrons. The average Bonchev–Trinajstić information content (AvgIpc) is 2.72. The van der Waals surface area contributed by atoms with Crippen molar-refractivity contribution in [3.63, 3.8) is 0 Å². The summed E-state index contributed by atoms with van der Waals surface area (Å²) in [5, 5.41) is 0. The molecular formula is C23H20F4N2O2S. The van der Waals surface area contributed by atoms with Gasteiger partial charge in [0.15, 0.2) is 5.78 Å². The number of hydrogen-bond acceptors (Lipinski definition) is 4. The molecule has 3 aromatic rings. The fourth-order valence-electron chi connectivity index (χ4n) is 3.33. The van der Waals surface area contributed by atoms with Crippen LogP contribution in [0.3, 0.4) is 0 Å². The summed E-state index contributed by atoms with van der Waals surface area (Å²) in [5.74, 6) is -1.75. The molecule has 0 aliphatic heterocycles. The number of carbonyl (C=O) groups excluding carboxylic acids is 1. The third kappa shape index (κ3) is 6.06. The largest absolute Gasteiger partial charge is 0.446 e. The van der Waals surface area contributed by atoms with E-state index in [1.807, 2.05) is 19.9 Å². The fourth-order valence-corrected chi connectivity index (χ4v) is 3.87. The Morgan fingerprint density at radius 3 is 2.38 bits per heavy atom.